The van der Waals surface area contributed by atoms with Crippen LogP contribution in [0.2, 0.25) is 0 Å². The van der Waals surface area contributed by atoms with Crippen molar-refractivity contribution in [3.63, 3.8) is 0 Å². The van der Waals surface area contributed by atoms with E-state index >= 15 is 0 Å². The van der Waals surface area contributed by atoms with Gasteiger partial charge in [-0.3, -0.25) is 10.8 Å². The van der Waals surface area contributed by atoms with E-state index in [1.54, 1.807) is 0 Å². The minimum absolute atomic E-state index is 0.117. The molecule has 8 rings (SSSR count). The molecule has 0 saturated heterocycles. The van der Waals surface area contributed by atoms with Crippen LogP contribution in [0.3, 0.4) is 0 Å². The Morgan fingerprint density at radius 2 is 0.978 bits per heavy atom. The number of benzene rings is 5. The van der Waals surface area contributed by atoms with E-state index in [2.05, 4.69) is 24.3 Å². The third-order valence-electron chi connectivity index (χ3n) is 8.36. The van der Waals surface area contributed by atoms with Gasteiger partial charge in [-0.15, -0.1) is 0 Å². The van der Waals surface area contributed by atoms with Crippen LogP contribution in [0.5, 0.6) is 0 Å². The first-order chi connectivity index (χ1) is 22.6. The van der Waals surface area contributed by atoms with Gasteiger partial charge in [-0.25, -0.2) is 15.0 Å². The zero-order valence-electron chi connectivity index (χ0n) is 24.8. The lowest BCUT2D eigenvalue weighted by Gasteiger charge is -2.23. The van der Waals surface area contributed by atoms with Crippen LogP contribution in [0.15, 0.2) is 146 Å². The summed E-state index contributed by atoms with van der Waals surface area (Å²) < 4.78 is 0. The molecule has 0 radical (unpaired) electrons. The minimum Gasteiger partial charge on any atom is -0.298 e. The van der Waals surface area contributed by atoms with Gasteiger partial charge in [0.05, 0.1) is 34.0 Å². The average molecular weight is 590 g/mol. The number of rotatable bonds is 5. The molecule has 0 spiro atoms. The Balaban J connectivity index is 1.34. The van der Waals surface area contributed by atoms with E-state index in [1.807, 2.05) is 127 Å². The molecule has 2 aromatic heterocycles. The number of fused-ring (bicyclic) bond motifs is 3. The number of hydrogen-bond acceptors (Lipinski definition) is 5. The predicted molar refractivity (Wildman–Crippen MR) is 188 cm³/mol. The van der Waals surface area contributed by atoms with Gasteiger partial charge in [0.1, 0.15) is 0 Å². The largest absolute Gasteiger partial charge is 0.298 e. The molecule has 0 saturated carbocycles. The molecule has 7 aromatic rings. The van der Waals surface area contributed by atoms with Crippen molar-refractivity contribution in [1.29, 1.82) is 10.8 Å². The van der Waals surface area contributed by atoms with E-state index in [0.717, 1.165) is 55.7 Å². The van der Waals surface area contributed by atoms with Gasteiger partial charge < -0.3 is 0 Å². The Hall–Kier alpha value is -6.33. The summed E-state index contributed by atoms with van der Waals surface area (Å²) in [5.74, 6) is 0.557. The topological polar surface area (TPSA) is 86.4 Å². The van der Waals surface area contributed by atoms with Crippen molar-refractivity contribution in [2.75, 3.05) is 0 Å². The number of nitrogens with one attached hydrogen (secondary N) is 2. The van der Waals surface area contributed by atoms with Gasteiger partial charge in [0.2, 0.25) is 0 Å². The van der Waals surface area contributed by atoms with E-state index in [1.165, 1.54) is 0 Å². The highest BCUT2D eigenvalue weighted by atomic mass is 14.9. The molecule has 2 heterocycles. The molecule has 0 bridgehead atoms. The van der Waals surface area contributed by atoms with Crippen molar-refractivity contribution in [1.82, 2.24) is 15.0 Å². The summed E-state index contributed by atoms with van der Waals surface area (Å²) in [7, 11) is 0. The van der Waals surface area contributed by atoms with Gasteiger partial charge in [0, 0.05) is 38.8 Å². The number of para-hydroxylation sites is 1. The summed E-state index contributed by atoms with van der Waals surface area (Å²) in [4.78, 5) is 15.1. The molecular weight excluding hydrogens is 562 g/mol. The van der Waals surface area contributed by atoms with Crippen LogP contribution in [-0.2, 0) is 0 Å². The first-order valence-corrected chi connectivity index (χ1v) is 15.1. The summed E-state index contributed by atoms with van der Waals surface area (Å²) in [6.07, 6.45) is 1.98. The third kappa shape index (κ3) is 4.81. The number of hydrogen-bond donors (Lipinski definition) is 2. The van der Waals surface area contributed by atoms with Gasteiger partial charge in [-0.05, 0) is 29.3 Å². The molecule has 5 heteroatoms. The van der Waals surface area contributed by atoms with Crippen molar-refractivity contribution in [3.8, 4) is 45.0 Å². The van der Waals surface area contributed by atoms with Crippen LogP contribution in [0.25, 0.3) is 67.6 Å². The summed E-state index contributed by atoms with van der Waals surface area (Å²) in [6, 6.07) is 48.3. The van der Waals surface area contributed by atoms with Crippen LogP contribution in [0, 0.1) is 10.8 Å². The summed E-state index contributed by atoms with van der Waals surface area (Å²) in [6.45, 7) is 0. The Morgan fingerprint density at radius 1 is 0.435 bits per heavy atom. The predicted octanol–water partition coefficient (Wildman–Crippen LogP) is 9.63. The molecule has 0 unspecified atom stereocenters. The van der Waals surface area contributed by atoms with E-state index < -0.39 is 0 Å². The molecule has 0 aliphatic heterocycles. The summed E-state index contributed by atoms with van der Waals surface area (Å²) in [5, 5.41) is 19.4. The van der Waals surface area contributed by atoms with Gasteiger partial charge >= 0.3 is 0 Å². The van der Waals surface area contributed by atoms with Gasteiger partial charge in [0.15, 0.2) is 5.82 Å². The van der Waals surface area contributed by atoms with E-state index in [0.29, 0.717) is 22.7 Å². The minimum atomic E-state index is 0.117. The molecule has 0 amide bonds. The van der Waals surface area contributed by atoms with E-state index in [9.17, 15) is 10.8 Å². The maximum absolute atomic E-state index is 9.30. The van der Waals surface area contributed by atoms with E-state index in [4.69, 9.17) is 15.0 Å². The molecule has 216 valence electrons. The number of aromatic nitrogens is 3. The Morgan fingerprint density at radius 3 is 1.67 bits per heavy atom. The van der Waals surface area contributed by atoms with Crippen molar-refractivity contribution in [2.24, 2.45) is 0 Å². The fourth-order valence-electron chi connectivity index (χ4n) is 6.04. The average Bonchev–Trinajstić information content (AvgIpc) is 3.13. The maximum atomic E-state index is 9.30. The zero-order chi connectivity index (χ0) is 31.0. The SMILES string of the molecule is N=C1C(=N)c2c(c(-c3ccccc3)nc3ccccc23)C=C1c1cc(-c2ccccc2)nc(-c2ccc(-c3ccccc3)cc2)n1. The third-order valence-corrected chi connectivity index (χ3v) is 8.36. The molecule has 0 atom stereocenters. The molecule has 5 nitrogen and oxygen atoms in total. The first kappa shape index (κ1) is 27.2. The Bertz CT molecular complexity index is 2310. The molecule has 0 fully saturated rings. The highest BCUT2D eigenvalue weighted by Crippen LogP contribution is 2.38. The second-order valence-electron chi connectivity index (χ2n) is 11.2. The molecule has 1 aliphatic rings. The summed E-state index contributed by atoms with van der Waals surface area (Å²) >= 11 is 0. The van der Waals surface area contributed by atoms with Crippen molar-refractivity contribution >= 4 is 34.0 Å². The molecule has 5 aromatic carbocycles. The fraction of sp³-hybridized carbons (Fsp3) is 0. The quantitative estimate of drug-likeness (QED) is 0.210. The highest BCUT2D eigenvalue weighted by molar-refractivity contribution is 6.64. The maximum Gasteiger partial charge on any atom is 0.160 e. The normalized spacial score (nSPS) is 12.6. The smallest absolute Gasteiger partial charge is 0.160 e. The molecule has 46 heavy (non-hydrogen) atoms. The summed E-state index contributed by atoms with van der Waals surface area (Å²) in [5.41, 5.74) is 10.3. The van der Waals surface area contributed by atoms with Crippen molar-refractivity contribution < 1.29 is 0 Å². The van der Waals surface area contributed by atoms with Crippen LogP contribution in [0.1, 0.15) is 16.8 Å². The second kappa shape index (κ2) is 11.3. The highest BCUT2D eigenvalue weighted by Gasteiger charge is 2.29. The second-order valence-corrected chi connectivity index (χ2v) is 11.2. The first-order valence-electron chi connectivity index (χ1n) is 15.1. The number of pyridine rings is 1. The van der Waals surface area contributed by atoms with Crippen LogP contribution in [0.4, 0.5) is 0 Å². The monoisotopic (exact) mass is 589 g/mol. The molecular formula is C41H27N5. The Kier molecular flexibility index (Phi) is 6.69. The van der Waals surface area contributed by atoms with Gasteiger partial charge in [-0.2, -0.15) is 0 Å². The van der Waals surface area contributed by atoms with Gasteiger partial charge in [0.25, 0.3) is 0 Å². The number of allylic oxidation sites excluding steroid dienone is 1. The van der Waals surface area contributed by atoms with Crippen LogP contribution < -0.4 is 0 Å². The van der Waals surface area contributed by atoms with Crippen LogP contribution >= 0.6 is 0 Å². The van der Waals surface area contributed by atoms with Crippen molar-refractivity contribution in [2.45, 2.75) is 0 Å². The Labute approximate surface area is 266 Å². The zero-order valence-corrected chi connectivity index (χ0v) is 24.8. The lowest BCUT2D eigenvalue weighted by atomic mass is 9.83. The standard InChI is InChI=1S/C41H27N5/c42-38-32(24-33-37(39(38)43)31-18-10-11-19-34(31)44-40(33)29-16-8-3-9-17-29)36-25-35(28-14-6-2-7-15-28)45-41(46-36)30-22-20-27(21-23-30)26-12-4-1-5-13-26/h1-25,42-43H. The fourth-order valence-corrected chi connectivity index (χ4v) is 6.04. The molecule has 1 aliphatic carbocycles. The lowest BCUT2D eigenvalue weighted by Crippen LogP contribution is -2.22. The van der Waals surface area contributed by atoms with Gasteiger partial charge in [-0.1, -0.05) is 133 Å². The number of nitrogens with zero attached hydrogens (tertiary/aromatic N) is 3. The molecule has 2 N–H and O–H groups in total. The lowest BCUT2D eigenvalue weighted by molar-refractivity contribution is 1.16. The van der Waals surface area contributed by atoms with Crippen molar-refractivity contribution in [3.05, 3.63) is 162 Å². The van der Waals surface area contributed by atoms with E-state index in [-0.39, 0.29) is 11.4 Å². The van der Waals surface area contributed by atoms with Crippen LogP contribution in [-0.4, -0.2) is 26.4 Å².